The zero-order chi connectivity index (χ0) is 28.9. The fraction of sp³-hybridized carbons (Fsp3) is 0.406. The number of amides is 1. The number of nitrogens with zero attached hydrogens (tertiary/aromatic N) is 3. The van der Waals surface area contributed by atoms with E-state index in [4.69, 9.17) is 5.14 Å². The summed E-state index contributed by atoms with van der Waals surface area (Å²) in [5, 5.41) is 6.12. The summed E-state index contributed by atoms with van der Waals surface area (Å²) in [5.41, 5.74) is 7.84. The van der Waals surface area contributed by atoms with E-state index in [2.05, 4.69) is 87.5 Å². The third kappa shape index (κ3) is 8.08. The summed E-state index contributed by atoms with van der Waals surface area (Å²) in [6.45, 7) is 10.2. The minimum absolute atomic E-state index is 0.0630. The van der Waals surface area contributed by atoms with Crippen molar-refractivity contribution in [2.24, 2.45) is 9.50 Å². The number of hydrogen-bond donors (Lipinski definition) is 1. The highest BCUT2D eigenvalue weighted by molar-refractivity contribution is 7.91. The van der Waals surface area contributed by atoms with Crippen molar-refractivity contribution in [1.82, 2.24) is 9.80 Å². The van der Waals surface area contributed by atoms with E-state index >= 15 is 0 Å². The topological polar surface area (TPSA) is 79.0 Å². The third-order valence-electron chi connectivity index (χ3n) is 6.70. The Morgan fingerprint density at radius 2 is 1.38 bits per heavy atom. The molecule has 0 bridgehead atoms. The van der Waals surface area contributed by atoms with Crippen LogP contribution in [0.15, 0.2) is 69.9 Å². The Balaban J connectivity index is 2.03. The van der Waals surface area contributed by atoms with Gasteiger partial charge < -0.3 is 9.80 Å². The summed E-state index contributed by atoms with van der Waals surface area (Å²) >= 11 is 0. The average molecular weight is 549 g/mol. The van der Waals surface area contributed by atoms with E-state index in [9.17, 15) is 9.00 Å². The van der Waals surface area contributed by atoms with Crippen LogP contribution in [0.1, 0.15) is 67.3 Å². The van der Waals surface area contributed by atoms with Crippen LogP contribution >= 0.6 is 0 Å². The lowest BCUT2D eigenvalue weighted by atomic mass is 9.83. The summed E-state index contributed by atoms with van der Waals surface area (Å²) in [5.74, 6) is -0.0834. The quantitative estimate of drug-likeness (QED) is 0.327. The summed E-state index contributed by atoms with van der Waals surface area (Å²) in [6, 6.07) is 20.0. The maximum absolute atomic E-state index is 13.3. The van der Waals surface area contributed by atoms with Crippen molar-refractivity contribution in [3.8, 4) is 11.1 Å². The van der Waals surface area contributed by atoms with E-state index in [0.717, 1.165) is 40.9 Å². The van der Waals surface area contributed by atoms with E-state index in [1.54, 1.807) is 12.1 Å². The number of benzene rings is 3. The first kappa shape index (κ1) is 30.7. The maximum atomic E-state index is 13.3. The molecule has 1 amide bonds. The van der Waals surface area contributed by atoms with Crippen molar-refractivity contribution in [2.75, 3.05) is 28.2 Å². The number of carbonyl (C=O) groups excluding carboxylic acids is 1. The SMILES string of the molecule is CC(C)c1cc(-c2ccccc2CN(C)C)cc(C(C)C)c1CC(=O)N=S(N)(=O)c1ccc(CN(C)C)cc1. The molecular formula is C32H44N4O2S. The first-order valence-corrected chi connectivity index (χ1v) is 15.1. The van der Waals surface area contributed by atoms with Gasteiger partial charge in [0.25, 0.3) is 5.91 Å². The Morgan fingerprint density at radius 1 is 0.846 bits per heavy atom. The van der Waals surface area contributed by atoms with Crippen LogP contribution in [-0.4, -0.2) is 48.1 Å². The van der Waals surface area contributed by atoms with Gasteiger partial charge in [-0.25, -0.2) is 9.35 Å². The lowest BCUT2D eigenvalue weighted by molar-refractivity contribution is -0.117. The highest BCUT2D eigenvalue weighted by Crippen LogP contribution is 2.35. The predicted molar refractivity (Wildman–Crippen MR) is 163 cm³/mol. The van der Waals surface area contributed by atoms with Gasteiger partial charge in [-0.15, -0.1) is 4.36 Å². The first-order valence-electron chi connectivity index (χ1n) is 13.5. The lowest BCUT2D eigenvalue weighted by Crippen LogP contribution is -2.17. The second-order valence-electron chi connectivity index (χ2n) is 11.4. The van der Waals surface area contributed by atoms with E-state index in [1.807, 2.05) is 31.1 Å². The highest BCUT2D eigenvalue weighted by atomic mass is 32.2. The Morgan fingerprint density at radius 3 is 1.90 bits per heavy atom. The summed E-state index contributed by atoms with van der Waals surface area (Å²) in [4.78, 5) is 17.8. The molecule has 0 fully saturated rings. The van der Waals surface area contributed by atoms with E-state index in [-0.39, 0.29) is 18.3 Å². The number of rotatable bonds is 10. The Labute approximate surface area is 235 Å². The smallest absolute Gasteiger partial charge is 0.259 e. The van der Waals surface area contributed by atoms with E-state index in [0.29, 0.717) is 4.90 Å². The van der Waals surface area contributed by atoms with Crippen molar-refractivity contribution < 1.29 is 9.00 Å². The third-order valence-corrected chi connectivity index (χ3v) is 8.13. The van der Waals surface area contributed by atoms with Crippen LogP contribution in [0, 0.1) is 0 Å². The van der Waals surface area contributed by atoms with E-state index in [1.165, 1.54) is 11.1 Å². The van der Waals surface area contributed by atoms with Gasteiger partial charge in [0.1, 0.15) is 9.92 Å². The van der Waals surface area contributed by atoms with E-state index < -0.39 is 15.8 Å². The molecule has 0 aliphatic rings. The lowest BCUT2D eigenvalue weighted by Gasteiger charge is -2.22. The second-order valence-corrected chi connectivity index (χ2v) is 13.2. The largest absolute Gasteiger partial charge is 0.305 e. The van der Waals surface area contributed by atoms with Crippen molar-refractivity contribution >= 4 is 15.8 Å². The van der Waals surface area contributed by atoms with Gasteiger partial charge in [-0.1, -0.05) is 76.2 Å². The van der Waals surface area contributed by atoms with Gasteiger partial charge in [0.15, 0.2) is 0 Å². The van der Waals surface area contributed by atoms with Crippen LogP contribution in [0.5, 0.6) is 0 Å². The van der Waals surface area contributed by atoms with Crippen molar-refractivity contribution in [2.45, 2.75) is 63.9 Å². The molecule has 0 aliphatic carbocycles. The molecule has 2 N–H and O–H groups in total. The molecule has 39 heavy (non-hydrogen) atoms. The number of nitrogens with two attached hydrogens (primary N) is 1. The van der Waals surface area contributed by atoms with Gasteiger partial charge in [0, 0.05) is 13.1 Å². The average Bonchev–Trinajstić information content (AvgIpc) is 2.83. The molecule has 0 radical (unpaired) electrons. The van der Waals surface area contributed by atoms with Crippen LogP contribution in [0.4, 0.5) is 0 Å². The van der Waals surface area contributed by atoms with Gasteiger partial charge in [0.2, 0.25) is 0 Å². The molecule has 210 valence electrons. The van der Waals surface area contributed by atoms with Gasteiger partial charge in [-0.3, -0.25) is 4.79 Å². The monoisotopic (exact) mass is 548 g/mol. The highest BCUT2D eigenvalue weighted by Gasteiger charge is 2.21. The second kappa shape index (κ2) is 13.0. The van der Waals surface area contributed by atoms with Gasteiger partial charge in [0.05, 0.1) is 11.3 Å². The normalized spacial score (nSPS) is 13.4. The van der Waals surface area contributed by atoms with Gasteiger partial charge in [-0.05, 0) is 91.1 Å². The standard InChI is InChI=1S/C32H44N4O2S/c1-22(2)29-17-26(28-12-10-9-11-25(28)21-36(7)8)18-30(23(3)4)31(29)19-32(37)34-39(33,38)27-15-13-24(14-16-27)20-35(5)6/h9-18,22-23H,19-21H2,1-8H3,(H2,33,34,37,38). The molecule has 0 saturated heterocycles. The van der Waals surface area contributed by atoms with Gasteiger partial charge in [-0.2, -0.15) is 0 Å². The molecule has 0 saturated carbocycles. The molecular weight excluding hydrogens is 504 g/mol. The molecule has 0 spiro atoms. The van der Waals surface area contributed by atoms with Crippen LogP contribution in [0.25, 0.3) is 11.1 Å². The maximum Gasteiger partial charge on any atom is 0.259 e. The molecule has 1 unspecified atom stereocenters. The van der Waals surface area contributed by atoms with Crippen LogP contribution in [-0.2, 0) is 34.2 Å². The summed E-state index contributed by atoms with van der Waals surface area (Å²) < 4.78 is 17.3. The molecule has 3 rings (SSSR count). The molecule has 3 aromatic carbocycles. The predicted octanol–water partition coefficient (Wildman–Crippen LogP) is 6.19. The molecule has 0 heterocycles. The Hall–Kier alpha value is -2.84. The van der Waals surface area contributed by atoms with Crippen molar-refractivity contribution in [1.29, 1.82) is 0 Å². The molecule has 1 atom stereocenters. The minimum atomic E-state index is -3.35. The molecule has 6 nitrogen and oxygen atoms in total. The van der Waals surface area contributed by atoms with Gasteiger partial charge >= 0.3 is 0 Å². The Kier molecular flexibility index (Phi) is 10.2. The molecule has 7 heteroatoms. The zero-order valence-electron chi connectivity index (χ0n) is 24.7. The fourth-order valence-electron chi connectivity index (χ4n) is 4.93. The minimum Gasteiger partial charge on any atom is -0.305 e. The van der Waals surface area contributed by atoms with Crippen LogP contribution < -0.4 is 5.14 Å². The zero-order valence-corrected chi connectivity index (χ0v) is 25.5. The van der Waals surface area contributed by atoms with Crippen LogP contribution in [0.2, 0.25) is 0 Å². The van der Waals surface area contributed by atoms with Crippen LogP contribution in [0.3, 0.4) is 0 Å². The van der Waals surface area contributed by atoms with Crippen molar-refractivity contribution in [3.63, 3.8) is 0 Å². The number of hydrogen-bond acceptors (Lipinski definition) is 4. The Bertz CT molecular complexity index is 1390. The first-order chi connectivity index (χ1) is 18.3. The summed E-state index contributed by atoms with van der Waals surface area (Å²) in [6.07, 6.45) is 0.0630. The molecule has 0 aliphatic heterocycles. The fourth-order valence-corrected chi connectivity index (χ4v) is 5.93. The molecule has 0 aromatic heterocycles. The number of carbonyl (C=O) groups is 1. The molecule has 3 aromatic rings. The summed E-state index contributed by atoms with van der Waals surface area (Å²) in [7, 11) is 4.76. The van der Waals surface area contributed by atoms with Crippen molar-refractivity contribution in [3.05, 3.63) is 88.5 Å².